The van der Waals surface area contributed by atoms with Crippen LogP contribution in [0.5, 0.6) is 0 Å². The number of halogens is 1. The maximum atomic E-state index is 12.3. The quantitative estimate of drug-likeness (QED) is 0.693. The van der Waals surface area contributed by atoms with Gasteiger partial charge in [-0.1, -0.05) is 24.9 Å². The number of anilines is 2. The van der Waals surface area contributed by atoms with Gasteiger partial charge in [-0.3, -0.25) is 9.48 Å². The lowest BCUT2D eigenvalue weighted by atomic mass is 10.2. The third kappa shape index (κ3) is 5.61. The molecule has 156 valence electrons. The zero-order valence-corrected chi connectivity index (χ0v) is 18.2. The van der Waals surface area contributed by atoms with Gasteiger partial charge < -0.3 is 15.1 Å². The van der Waals surface area contributed by atoms with Crippen molar-refractivity contribution in [2.75, 3.05) is 43.4 Å². The van der Waals surface area contributed by atoms with Crippen LogP contribution >= 0.6 is 11.6 Å². The molecule has 0 unspecified atom stereocenters. The highest BCUT2D eigenvalue weighted by atomic mass is 35.5. The predicted octanol–water partition coefficient (Wildman–Crippen LogP) is 4.05. The van der Waals surface area contributed by atoms with Crippen molar-refractivity contribution in [2.45, 2.75) is 33.2 Å². The Kier molecular flexibility index (Phi) is 7.34. The molecule has 1 aromatic heterocycles. The number of aromatic nitrogens is 2. The van der Waals surface area contributed by atoms with Crippen molar-refractivity contribution in [1.82, 2.24) is 14.7 Å². The normalized spacial score (nSPS) is 15.2. The number of amides is 1. The lowest BCUT2D eigenvalue weighted by molar-refractivity contribution is -0.111. The number of aryl methyl sites for hydroxylation is 2. The Labute approximate surface area is 178 Å². The van der Waals surface area contributed by atoms with E-state index in [1.807, 2.05) is 19.1 Å². The number of likely N-dealkylation sites (N-methyl/N-ethyl adjacent to an activating group) is 1. The third-order valence-electron chi connectivity index (χ3n) is 5.24. The van der Waals surface area contributed by atoms with Gasteiger partial charge in [-0.15, -0.1) is 0 Å². The van der Waals surface area contributed by atoms with Crippen LogP contribution in [0.15, 0.2) is 30.3 Å². The van der Waals surface area contributed by atoms with Crippen LogP contribution in [0.4, 0.5) is 11.4 Å². The van der Waals surface area contributed by atoms with Gasteiger partial charge in [0.05, 0.1) is 5.69 Å². The third-order valence-corrected chi connectivity index (χ3v) is 5.64. The minimum atomic E-state index is -0.186. The van der Waals surface area contributed by atoms with E-state index >= 15 is 0 Å². The van der Waals surface area contributed by atoms with E-state index in [0.717, 1.165) is 62.5 Å². The van der Waals surface area contributed by atoms with E-state index in [1.54, 1.807) is 10.8 Å². The van der Waals surface area contributed by atoms with Crippen LogP contribution in [0.3, 0.4) is 0 Å². The molecular formula is C22H30ClN5O. The molecule has 0 bridgehead atoms. The fourth-order valence-electron chi connectivity index (χ4n) is 3.38. The first kappa shape index (κ1) is 21.4. The monoisotopic (exact) mass is 415 g/mol. The Bertz CT molecular complexity index is 851. The van der Waals surface area contributed by atoms with Gasteiger partial charge in [0.25, 0.3) is 0 Å². The molecule has 0 atom stereocenters. The van der Waals surface area contributed by atoms with Crippen LogP contribution in [0.1, 0.15) is 31.0 Å². The van der Waals surface area contributed by atoms with E-state index in [-0.39, 0.29) is 5.91 Å². The zero-order valence-electron chi connectivity index (χ0n) is 17.5. The molecule has 2 aromatic rings. The molecule has 2 heterocycles. The van der Waals surface area contributed by atoms with Crippen LogP contribution in [0.2, 0.25) is 5.15 Å². The molecule has 7 heteroatoms. The lowest BCUT2D eigenvalue weighted by Gasteiger charge is -2.34. The second-order valence-electron chi connectivity index (χ2n) is 7.53. The summed E-state index contributed by atoms with van der Waals surface area (Å²) >= 11 is 6.42. The molecular weight excluding hydrogens is 386 g/mol. The van der Waals surface area contributed by atoms with Crippen LogP contribution in [0.25, 0.3) is 6.08 Å². The van der Waals surface area contributed by atoms with Gasteiger partial charge in [0.15, 0.2) is 0 Å². The Morgan fingerprint density at radius 1 is 1.21 bits per heavy atom. The molecule has 1 N–H and O–H groups in total. The number of piperazine rings is 1. The fraction of sp³-hybridized carbons (Fsp3) is 0.455. The zero-order chi connectivity index (χ0) is 20.8. The van der Waals surface area contributed by atoms with Crippen molar-refractivity contribution in [3.05, 3.63) is 46.8 Å². The summed E-state index contributed by atoms with van der Waals surface area (Å²) in [5.41, 5.74) is 3.59. The molecule has 1 aromatic carbocycles. The summed E-state index contributed by atoms with van der Waals surface area (Å²) in [5, 5.41) is 7.95. The number of carbonyl (C=O) groups is 1. The summed E-state index contributed by atoms with van der Waals surface area (Å²) in [7, 11) is 2.15. The minimum Gasteiger partial charge on any atom is -0.369 e. The number of nitrogens with one attached hydrogen (secondary N) is 1. The molecule has 3 rings (SSSR count). The van der Waals surface area contributed by atoms with Gasteiger partial charge >= 0.3 is 0 Å². The fourth-order valence-corrected chi connectivity index (χ4v) is 3.70. The predicted molar refractivity (Wildman–Crippen MR) is 121 cm³/mol. The number of nitrogens with zero attached hydrogens (tertiary/aromatic N) is 4. The molecule has 1 amide bonds. The Morgan fingerprint density at radius 3 is 2.55 bits per heavy atom. The number of carbonyl (C=O) groups excluding carboxylic acids is 1. The maximum absolute atomic E-state index is 12.3. The largest absolute Gasteiger partial charge is 0.369 e. The second-order valence-corrected chi connectivity index (χ2v) is 7.88. The van der Waals surface area contributed by atoms with E-state index in [1.165, 1.54) is 11.8 Å². The summed E-state index contributed by atoms with van der Waals surface area (Å²) in [6, 6.07) is 8.01. The summed E-state index contributed by atoms with van der Waals surface area (Å²) in [5.74, 6) is -0.186. The van der Waals surface area contributed by atoms with Crippen molar-refractivity contribution in [3.8, 4) is 0 Å². The van der Waals surface area contributed by atoms with Crippen LogP contribution < -0.4 is 10.2 Å². The van der Waals surface area contributed by atoms with Gasteiger partial charge in [0, 0.05) is 55.7 Å². The molecule has 0 saturated carbocycles. The maximum Gasteiger partial charge on any atom is 0.248 e. The van der Waals surface area contributed by atoms with Crippen molar-refractivity contribution in [1.29, 1.82) is 0 Å². The molecule has 1 saturated heterocycles. The van der Waals surface area contributed by atoms with Crippen molar-refractivity contribution in [2.24, 2.45) is 0 Å². The molecule has 0 aliphatic carbocycles. The van der Waals surface area contributed by atoms with Crippen molar-refractivity contribution >= 4 is 35.0 Å². The smallest absolute Gasteiger partial charge is 0.248 e. The van der Waals surface area contributed by atoms with E-state index in [4.69, 9.17) is 11.6 Å². The number of hydrogen-bond donors (Lipinski definition) is 1. The first-order valence-corrected chi connectivity index (χ1v) is 10.6. The van der Waals surface area contributed by atoms with Crippen LogP contribution in [0, 0.1) is 6.92 Å². The van der Waals surface area contributed by atoms with Gasteiger partial charge in [-0.05, 0) is 50.7 Å². The molecule has 6 nitrogen and oxygen atoms in total. The van der Waals surface area contributed by atoms with Crippen molar-refractivity contribution < 1.29 is 4.79 Å². The number of hydrogen-bond acceptors (Lipinski definition) is 4. The first-order valence-electron chi connectivity index (χ1n) is 10.2. The van der Waals surface area contributed by atoms with Gasteiger partial charge in [0.2, 0.25) is 5.91 Å². The highest BCUT2D eigenvalue weighted by Crippen LogP contribution is 2.22. The summed E-state index contributed by atoms with van der Waals surface area (Å²) in [4.78, 5) is 17.0. The summed E-state index contributed by atoms with van der Waals surface area (Å²) in [6.45, 7) is 9.01. The average molecular weight is 416 g/mol. The molecule has 1 aliphatic rings. The highest BCUT2D eigenvalue weighted by Gasteiger charge is 2.14. The Hall–Kier alpha value is -2.31. The van der Waals surface area contributed by atoms with Gasteiger partial charge in [-0.25, -0.2) is 0 Å². The van der Waals surface area contributed by atoms with Gasteiger partial charge in [-0.2, -0.15) is 5.10 Å². The number of unbranched alkanes of at least 4 members (excludes halogenated alkanes) is 1. The van der Waals surface area contributed by atoms with Crippen LogP contribution in [-0.2, 0) is 11.3 Å². The molecule has 0 radical (unpaired) electrons. The first-order chi connectivity index (χ1) is 14.0. The average Bonchev–Trinajstić information content (AvgIpc) is 2.99. The molecule has 1 fully saturated rings. The molecule has 0 spiro atoms. The highest BCUT2D eigenvalue weighted by molar-refractivity contribution is 6.31. The standard InChI is InChI=1S/C22H30ClN5O/c1-4-5-12-28-22(23)20(17(2)25-28)10-11-21(29)24-18-6-8-19(9-7-18)27-15-13-26(3)14-16-27/h6-11H,4-5,12-16H2,1-3H3,(H,24,29)/b11-10+. The summed E-state index contributed by atoms with van der Waals surface area (Å²) < 4.78 is 1.80. The summed E-state index contributed by atoms with van der Waals surface area (Å²) in [6.07, 6.45) is 5.35. The van der Waals surface area contributed by atoms with E-state index in [2.05, 4.69) is 46.3 Å². The molecule has 1 aliphatic heterocycles. The van der Waals surface area contributed by atoms with E-state index in [9.17, 15) is 4.79 Å². The minimum absolute atomic E-state index is 0.186. The Balaban J connectivity index is 1.59. The molecule has 29 heavy (non-hydrogen) atoms. The number of benzene rings is 1. The number of rotatable bonds is 7. The van der Waals surface area contributed by atoms with Gasteiger partial charge in [0.1, 0.15) is 5.15 Å². The van der Waals surface area contributed by atoms with E-state index in [0.29, 0.717) is 5.15 Å². The SMILES string of the molecule is CCCCn1nc(C)c(/C=C/C(=O)Nc2ccc(N3CCN(C)CC3)cc2)c1Cl. The second kappa shape index (κ2) is 9.94. The van der Waals surface area contributed by atoms with Crippen molar-refractivity contribution in [3.63, 3.8) is 0 Å². The Morgan fingerprint density at radius 2 is 1.90 bits per heavy atom. The topological polar surface area (TPSA) is 53.4 Å². The van der Waals surface area contributed by atoms with E-state index < -0.39 is 0 Å². The van der Waals surface area contributed by atoms with Crippen LogP contribution in [-0.4, -0.2) is 53.8 Å². The lowest BCUT2D eigenvalue weighted by Crippen LogP contribution is -2.44.